The standard InChI is InChI=1S/C19H29N5O2/c25-18(22-12-17-20-7-8-21-17)15-2-1-9-24(13-15)16-5-10-23(11-6-16)19(26)14-3-4-14/h7-8,14-16H,1-6,9-13H2,(H,20,21)(H,22,25). The number of aromatic amines is 1. The van der Waals surface area contributed by atoms with Crippen molar-refractivity contribution in [3.63, 3.8) is 0 Å². The number of amides is 2. The molecular weight excluding hydrogens is 330 g/mol. The third-order valence-corrected chi connectivity index (χ3v) is 6.03. The van der Waals surface area contributed by atoms with Gasteiger partial charge in [-0.25, -0.2) is 4.98 Å². The van der Waals surface area contributed by atoms with Gasteiger partial charge in [0.05, 0.1) is 12.5 Å². The largest absolute Gasteiger partial charge is 0.349 e. The van der Waals surface area contributed by atoms with Crippen LogP contribution in [0.5, 0.6) is 0 Å². The van der Waals surface area contributed by atoms with Gasteiger partial charge in [0.25, 0.3) is 0 Å². The minimum absolute atomic E-state index is 0.0600. The number of nitrogens with one attached hydrogen (secondary N) is 2. The summed E-state index contributed by atoms with van der Waals surface area (Å²) in [7, 11) is 0. The molecule has 1 aromatic rings. The molecule has 3 aliphatic rings. The van der Waals surface area contributed by atoms with Crippen LogP contribution < -0.4 is 5.32 Å². The Labute approximate surface area is 154 Å². The average molecular weight is 359 g/mol. The quantitative estimate of drug-likeness (QED) is 0.826. The normalized spacial score (nSPS) is 25.2. The molecule has 1 atom stereocenters. The molecule has 1 unspecified atom stereocenters. The van der Waals surface area contributed by atoms with E-state index in [-0.39, 0.29) is 11.8 Å². The average Bonchev–Trinajstić information content (AvgIpc) is 3.41. The lowest BCUT2D eigenvalue weighted by atomic mass is 9.93. The number of carbonyl (C=O) groups excluding carboxylic acids is 2. The Kier molecular flexibility index (Phi) is 5.24. The molecule has 2 aliphatic heterocycles. The van der Waals surface area contributed by atoms with E-state index in [1.54, 1.807) is 12.4 Å². The number of rotatable bonds is 5. The van der Waals surface area contributed by atoms with Gasteiger partial charge in [0.15, 0.2) is 0 Å². The van der Waals surface area contributed by atoms with E-state index in [1.807, 2.05) is 0 Å². The van der Waals surface area contributed by atoms with Gasteiger partial charge < -0.3 is 15.2 Å². The monoisotopic (exact) mass is 359 g/mol. The lowest BCUT2D eigenvalue weighted by molar-refractivity contribution is -0.134. The highest BCUT2D eigenvalue weighted by atomic mass is 16.2. The van der Waals surface area contributed by atoms with Crippen LogP contribution in [-0.2, 0) is 16.1 Å². The molecule has 2 saturated heterocycles. The van der Waals surface area contributed by atoms with Gasteiger partial charge in [0.1, 0.15) is 5.82 Å². The summed E-state index contributed by atoms with van der Waals surface area (Å²) in [5, 5.41) is 3.01. The number of aromatic nitrogens is 2. The molecular formula is C19H29N5O2. The van der Waals surface area contributed by atoms with Crippen molar-refractivity contribution in [3.05, 3.63) is 18.2 Å². The Hall–Kier alpha value is -1.89. The number of hydrogen-bond donors (Lipinski definition) is 2. The maximum atomic E-state index is 12.5. The molecule has 3 heterocycles. The fourth-order valence-electron chi connectivity index (χ4n) is 4.30. The maximum Gasteiger partial charge on any atom is 0.225 e. The second-order valence-corrected chi connectivity index (χ2v) is 7.92. The predicted octanol–water partition coefficient (Wildman–Crippen LogP) is 1.14. The SMILES string of the molecule is O=C(NCc1ncc[nH]1)C1CCCN(C2CCN(C(=O)C3CC3)CC2)C1. The summed E-state index contributed by atoms with van der Waals surface area (Å²) in [5.41, 5.74) is 0. The molecule has 0 aromatic carbocycles. The van der Waals surface area contributed by atoms with E-state index in [0.717, 1.165) is 70.5 Å². The molecule has 1 aliphatic carbocycles. The smallest absolute Gasteiger partial charge is 0.225 e. The molecule has 1 aromatic heterocycles. The van der Waals surface area contributed by atoms with Crippen LogP contribution in [-0.4, -0.2) is 63.8 Å². The first kappa shape index (κ1) is 17.5. The highest BCUT2D eigenvalue weighted by Crippen LogP contribution is 2.32. The number of H-pyrrole nitrogens is 1. The van der Waals surface area contributed by atoms with Crippen molar-refractivity contribution in [2.24, 2.45) is 11.8 Å². The lowest BCUT2D eigenvalue weighted by Crippen LogP contribution is -2.51. The minimum Gasteiger partial charge on any atom is -0.349 e. The van der Waals surface area contributed by atoms with Crippen LogP contribution in [0.3, 0.4) is 0 Å². The van der Waals surface area contributed by atoms with Gasteiger partial charge >= 0.3 is 0 Å². The minimum atomic E-state index is 0.0600. The molecule has 142 valence electrons. The van der Waals surface area contributed by atoms with Crippen molar-refractivity contribution in [1.29, 1.82) is 0 Å². The van der Waals surface area contributed by atoms with Crippen molar-refractivity contribution in [3.8, 4) is 0 Å². The second-order valence-electron chi connectivity index (χ2n) is 7.92. The van der Waals surface area contributed by atoms with Gasteiger partial charge in [-0.3, -0.25) is 14.5 Å². The highest BCUT2D eigenvalue weighted by molar-refractivity contribution is 5.81. The van der Waals surface area contributed by atoms with Crippen LogP contribution in [0.25, 0.3) is 0 Å². The Bertz CT molecular complexity index is 620. The van der Waals surface area contributed by atoms with Gasteiger partial charge in [-0.05, 0) is 45.1 Å². The van der Waals surface area contributed by atoms with Crippen LogP contribution in [0, 0.1) is 11.8 Å². The molecule has 2 amide bonds. The van der Waals surface area contributed by atoms with Gasteiger partial charge in [-0.1, -0.05) is 0 Å². The van der Waals surface area contributed by atoms with E-state index in [1.165, 1.54) is 0 Å². The third-order valence-electron chi connectivity index (χ3n) is 6.03. The van der Waals surface area contributed by atoms with Crippen LogP contribution >= 0.6 is 0 Å². The lowest BCUT2D eigenvalue weighted by Gasteiger charge is -2.42. The zero-order chi connectivity index (χ0) is 17.9. The highest BCUT2D eigenvalue weighted by Gasteiger charge is 2.37. The van der Waals surface area contributed by atoms with E-state index in [4.69, 9.17) is 0 Å². The third kappa shape index (κ3) is 4.09. The Morgan fingerprint density at radius 2 is 1.92 bits per heavy atom. The number of carbonyl (C=O) groups is 2. The summed E-state index contributed by atoms with van der Waals surface area (Å²) in [6.07, 6.45) is 9.74. The van der Waals surface area contributed by atoms with Gasteiger partial charge in [0, 0.05) is 44.0 Å². The van der Waals surface area contributed by atoms with E-state index in [9.17, 15) is 9.59 Å². The predicted molar refractivity (Wildman–Crippen MR) is 97.1 cm³/mol. The summed E-state index contributed by atoms with van der Waals surface area (Å²) < 4.78 is 0. The molecule has 26 heavy (non-hydrogen) atoms. The van der Waals surface area contributed by atoms with Crippen LogP contribution in [0.15, 0.2) is 12.4 Å². The van der Waals surface area contributed by atoms with Crippen molar-refractivity contribution in [2.45, 2.75) is 51.1 Å². The maximum absolute atomic E-state index is 12.5. The fraction of sp³-hybridized carbons (Fsp3) is 0.737. The summed E-state index contributed by atoms with van der Waals surface area (Å²) in [6.45, 7) is 4.14. The topological polar surface area (TPSA) is 81.3 Å². The van der Waals surface area contributed by atoms with Crippen LogP contribution in [0.2, 0.25) is 0 Å². The molecule has 0 spiro atoms. The molecule has 2 N–H and O–H groups in total. The van der Waals surface area contributed by atoms with Crippen LogP contribution in [0.1, 0.15) is 44.3 Å². The van der Waals surface area contributed by atoms with Gasteiger partial charge in [-0.2, -0.15) is 0 Å². The Morgan fingerprint density at radius 1 is 1.12 bits per heavy atom. The van der Waals surface area contributed by atoms with E-state index < -0.39 is 0 Å². The first-order valence-corrected chi connectivity index (χ1v) is 9.99. The summed E-state index contributed by atoms with van der Waals surface area (Å²) in [5.74, 6) is 1.68. The van der Waals surface area contributed by atoms with Crippen molar-refractivity contribution in [2.75, 3.05) is 26.2 Å². The number of imidazole rings is 1. The van der Waals surface area contributed by atoms with Crippen LogP contribution in [0.4, 0.5) is 0 Å². The number of nitrogens with zero attached hydrogens (tertiary/aromatic N) is 3. The van der Waals surface area contributed by atoms with Gasteiger partial charge in [0.2, 0.25) is 11.8 Å². The van der Waals surface area contributed by atoms with E-state index in [0.29, 0.717) is 24.4 Å². The zero-order valence-corrected chi connectivity index (χ0v) is 15.3. The summed E-state index contributed by atoms with van der Waals surface area (Å²) in [4.78, 5) is 36.4. The fourth-order valence-corrected chi connectivity index (χ4v) is 4.30. The number of hydrogen-bond acceptors (Lipinski definition) is 4. The molecule has 3 fully saturated rings. The molecule has 7 heteroatoms. The number of piperidine rings is 2. The molecule has 7 nitrogen and oxygen atoms in total. The Morgan fingerprint density at radius 3 is 2.62 bits per heavy atom. The molecule has 0 bridgehead atoms. The number of likely N-dealkylation sites (tertiary alicyclic amines) is 2. The summed E-state index contributed by atoms with van der Waals surface area (Å²) >= 11 is 0. The van der Waals surface area contributed by atoms with Gasteiger partial charge in [-0.15, -0.1) is 0 Å². The van der Waals surface area contributed by atoms with E-state index in [2.05, 4.69) is 25.1 Å². The summed E-state index contributed by atoms with van der Waals surface area (Å²) in [6, 6.07) is 0.513. The van der Waals surface area contributed by atoms with Crippen molar-refractivity contribution < 1.29 is 9.59 Å². The van der Waals surface area contributed by atoms with Crippen molar-refractivity contribution >= 4 is 11.8 Å². The zero-order valence-electron chi connectivity index (χ0n) is 15.3. The van der Waals surface area contributed by atoms with E-state index >= 15 is 0 Å². The first-order chi connectivity index (χ1) is 12.7. The molecule has 0 radical (unpaired) electrons. The molecule has 4 rings (SSSR count). The Balaban J connectivity index is 1.24. The first-order valence-electron chi connectivity index (χ1n) is 9.99. The second kappa shape index (κ2) is 7.78. The molecule has 1 saturated carbocycles. The van der Waals surface area contributed by atoms with Crippen molar-refractivity contribution in [1.82, 2.24) is 25.1 Å².